The highest BCUT2D eigenvalue weighted by atomic mass is 16.3. The Kier molecular flexibility index (Phi) is 7.50. The molecule has 1 fully saturated rings. The Bertz CT molecular complexity index is 815. The SMILES string of the molecule is CC(C)c1ccccc1C1CN(Cc2ccnc(NCCO)c2)CCN1C(C)(C)C. The maximum Gasteiger partial charge on any atom is 0.126 e. The molecule has 0 amide bonds. The minimum absolute atomic E-state index is 0.109. The molecule has 1 atom stereocenters. The van der Waals surface area contributed by atoms with Crippen LogP contribution in [0.2, 0.25) is 0 Å². The average Bonchev–Trinajstić information content (AvgIpc) is 2.71. The van der Waals surface area contributed by atoms with Gasteiger partial charge in [-0.05, 0) is 55.5 Å². The van der Waals surface area contributed by atoms with E-state index in [1.54, 1.807) is 0 Å². The summed E-state index contributed by atoms with van der Waals surface area (Å²) >= 11 is 0. The van der Waals surface area contributed by atoms with Crippen LogP contribution in [0.5, 0.6) is 0 Å². The zero-order valence-electron chi connectivity index (χ0n) is 19.2. The zero-order valence-corrected chi connectivity index (χ0v) is 19.2. The van der Waals surface area contributed by atoms with Gasteiger partial charge < -0.3 is 10.4 Å². The van der Waals surface area contributed by atoms with Crippen molar-refractivity contribution >= 4 is 5.82 Å². The van der Waals surface area contributed by atoms with Crippen molar-refractivity contribution in [2.24, 2.45) is 0 Å². The molecule has 1 aromatic heterocycles. The second-order valence-corrected chi connectivity index (χ2v) is 9.60. The van der Waals surface area contributed by atoms with Crippen LogP contribution in [0.4, 0.5) is 5.82 Å². The number of aliphatic hydroxyl groups excluding tert-OH is 1. The highest BCUT2D eigenvalue weighted by Crippen LogP contribution is 2.36. The van der Waals surface area contributed by atoms with E-state index in [1.165, 1.54) is 16.7 Å². The molecule has 1 saturated heterocycles. The van der Waals surface area contributed by atoms with Gasteiger partial charge in [0.25, 0.3) is 0 Å². The highest BCUT2D eigenvalue weighted by molar-refractivity contribution is 5.37. The summed E-state index contributed by atoms with van der Waals surface area (Å²) in [5.41, 5.74) is 4.30. The molecule has 1 aliphatic rings. The molecule has 0 spiro atoms. The van der Waals surface area contributed by atoms with Gasteiger partial charge in [0.15, 0.2) is 0 Å². The van der Waals surface area contributed by atoms with Crippen LogP contribution in [0.3, 0.4) is 0 Å². The van der Waals surface area contributed by atoms with E-state index in [0.29, 0.717) is 18.5 Å². The molecule has 1 aromatic carbocycles. The highest BCUT2D eigenvalue weighted by Gasteiger charge is 2.35. The molecule has 5 heteroatoms. The van der Waals surface area contributed by atoms with Crippen molar-refractivity contribution in [1.29, 1.82) is 0 Å². The van der Waals surface area contributed by atoms with Gasteiger partial charge in [0.2, 0.25) is 0 Å². The molecule has 1 aliphatic heterocycles. The third kappa shape index (κ3) is 5.60. The zero-order chi connectivity index (χ0) is 21.7. The Hall–Kier alpha value is -1.95. The van der Waals surface area contributed by atoms with E-state index >= 15 is 0 Å². The van der Waals surface area contributed by atoms with E-state index in [0.717, 1.165) is 32.0 Å². The van der Waals surface area contributed by atoms with Gasteiger partial charge >= 0.3 is 0 Å². The molecule has 164 valence electrons. The van der Waals surface area contributed by atoms with E-state index in [4.69, 9.17) is 5.11 Å². The van der Waals surface area contributed by atoms with Gasteiger partial charge in [-0.15, -0.1) is 0 Å². The van der Waals surface area contributed by atoms with Gasteiger partial charge in [-0.1, -0.05) is 38.1 Å². The summed E-state index contributed by atoms with van der Waals surface area (Å²) in [4.78, 5) is 9.60. The van der Waals surface area contributed by atoms with Crippen LogP contribution in [0.15, 0.2) is 42.6 Å². The Labute approximate surface area is 182 Å². The molecule has 0 saturated carbocycles. The molecule has 2 heterocycles. The Morgan fingerprint density at radius 1 is 1.17 bits per heavy atom. The maximum absolute atomic E-state index is 9.04. The fourth-order valence-corrected chi connectivity index (χ4v) is 4.50. The van der Waals surface area contributed by atoms with Gasteiger partial charge in [0, 0.05) is 50.5 Å². The minimum atomic E-state index is 0.109. The fraction of sp³-hybridized carbons (Fsp3) is 0.560. The standard InChI is InChI=1S/C25H38N4O/c1-19(2)21-8-6-7-9-22(21)23-18-28(13-14-29(23)25(3,4)5)17-20-10-11-26-24(16-20)27-12-15-30/h6-11,16,19,23,30H,12-15,17-18H2,1-5H3,(H,26,27). The number of piperazine rings is 1. The molecule has 1 unspecified atom stereocenters. The normalized spacial score (nSPS) is 18.7. The molecular formula is C25H38N4O. The maximum atomic E-state index is 9.04. The van der Waals surface area contributed by atoms with E-state index in [2.05, 4.69) is 91.1 Å². The number of aliphatic hydroxyl groups is 1. The van der Waals surface area contributed by atoms with Crippen LogP contribution in [0.1, 0.15) is 63.3 Å². The van der Waals surface area contributed by atoms with Crippen LogP contribution in [0.25, 0.3) is 0 Å². The van der Waals surface area contributed by atoms with Crippen molar-refractivity contribution in [2.45, 2.75) is 58.7 Å². The number of nitrogens with zero attached hydrogens (tertiary/aromatic N) is 3. The molecule has 3 rings (SSSR count). The topological polar surface area (TPSA) is 51.6 Å². The lowest BCUT2D eigenvalue weighted by Crippen LogP contribution is -2.55. The number of rotatable bonds is 7. The summed E-state index contributed by atoms with van der Waals surface area (Å²) in [6.07, 6.45) is 1.85. The molecule has 30 heavy (non-hydrogen) atoms. The largest absolute Gasteiger partial charge is 0.395 e. The quantitative estimate of drug-likeness (QED) is 0.714. The summed E-state index contributed by atoms with van der Waals surface area (Å²) in [6.45, 7) is 16.2. The molecule has 0 aliphatic carbocycles. The minimum Gasteiger partial charge on any atom is -0.395 e. The molecule has 2 N–H and O–H groups in total. The van der Waals surface area contributed by atoms with E-state index < -0.39 is 0 Å². The predicted octanol–water partition coefficient (Wildman–Crippen LogP) is 4.27. The Balaban J connectivity index is 1.82. The molecule has 0 radical (unpaired) electrons. The average molecular weight is 411 g/mol. The number of pyridine rings is 1. The van der Waals surface area contributed by atoms with Crippen LogP contribution in [0, 0.1) is 0 Å². The first-order valence-corrected chi connectivity index (χ1v) is 11.2. The van der Waals surface area contributed by atoms with Crippen molar-refractivity contribution < 1.29 is 5.11 Å². The third-order valence-corrected chi connectivity index (χ3v) is 5.95. The number of nitrogens with one attached hydrogen (secondary N) is 1. The first-order valence-electron chi connectivity index (χ1n) is 11.2. The van der Waals surface area contributed by atoms with Crippen LogP contribution >= 0.6 is 0 Å². The molecule has 5 nitrogen and oxygen atoms in total. The second kappa shape index (κ2) is 9.90. The van der Waals surface area contributed by atoms with Crippen molar-refractivity contribution in [1.82, 2.24) is 14.8 Å². The number of anilines is 1. The van der Waals surface area contributed by atoms with Crippen molar-refractivity contribution in [3.63, 3.8) is 0 Å². The van der Waals surface area contributed by atoms with E-state index in [-0.39, 0.29) is 12.1 Å². The number of hydrogen-bond donors (Lipinski definition) is 2. The number of benzene rings is 1. The summed E-state index contributed by atoms with van der Waals surface area (Å²) in [7, 11) is 0. The van der Waals surface area contributed by atoms with Gasteiger partial charge in [-0.25, -0.2) is 4.98 Å². The number of hydrogen-bond acceptors (Lipinski definition) is 5. The lowest BCUT2D eigenvalue weighted by Gasteiger charge is -2.49. The molecule has 2 aromatic rings. The first kappa shape index (κ1) is 22.7. The number of aromatic nitrogens is 1. The van der Waals surface area contributed by atoms with Gasteiger partial charge in [-0.2, -0.15) is 0 Å². The summed E-state index contributed by atoms with van der Waals surface area (Å²) in [5.74, 6) is 1.34. The van der Waals surface area contributed by atoms with Gasteiger partial charge in [0.05, 0.1) is 6.61 Å². The van der Waals surface area contributed by atoms with E-state index in [9.17, 15) is 0 Å². The lowest BCUT2D eigenvalue weighted by molar-refractivity contribution is 0.00555. The summed E-state index contributed by atoms with van der Waals surface area (Å²) in [6, 6.07) is 13.5. The van der Waals surface area contributed by atoms with Gasteiger partial charge in [-0.3, -0.25) is 9.80 Å². The molecule has 0 bridgehead atoms. The third-order valence-electron chi connectivity index (χ3n) is 5.95. The van der Waals surface area contributed by atoms with Gasteiger partial charge in [0.1, 0.15) is 5.82 Å². The van der Waals surface area contributed by atoms with Crippen molar-refractivity contribution in [3.05, 3.63) is 59.3 Å². The van der Waals surface area contributed by atoms with Crippen LogP contribution in [-0.2, 0) is 6.54 Å². The Morgan fingerprint density at radius 2 is 1.93 bits per heavy atom. The van der Waals surface area contributed by atoms with Crippen LogP contribution < -0.4 is 5.32 Å². The van der Waals surface area contributed by atoms with Crippen LogP contribution in [-0.4, -0.2) is 58.2 Å². The summed E-state index contributed by atoms with van der Waals surface area (Å²) in [5, 5.41) is 12.2. The monoisotopic (exact) mass is 410 g/mol. The molecular weight excluding hydrogens is 372 g/mol. The smallest absolute Gasteiger partial charge is 0.126 e. The van der Waals surface area contributed by atoms with E-state index in [1.807, 2.05) is 6.20 Å². The van der Waals surface area contributed by atoms with Crippen molar-refractivity contribution in [3.8, 4) is 0 Å². The first-order chi connectivity index (χ1) is 14.3. The summed E-state index contributed by atoms with van der Waals surface area (Å²) < 4.78 is 0. The second-order valence-electron chi connectivity index (χ2n) is 9.60. The van der Waals surface area contributed by atoms with Crippen molar-refractivity contribution in [2.75, 3.05) is 38.1 Å². The lowest BCUT2D eigenvalue weighted by atomic mass is 9.88. The fourth-order valence-electron chi connectivity index (χ4n) is 4.50. The predicted molar refractivity (Wildman–Crippen MR) is 125 cm³/mol. The Morgan fingerprint density at radius 3 is 2.63 bits per heavy atom.